The van der Waals surface area contributed by atoms with E-state index in [9.17, 15) is 14.4 Å². The number of hydrogen-bond donors (Lipinski definition) is 0. The maximum absolute atomic E-state index is 12.3. The minimum atomic E-state index is -0.613. The summed E-state index contributed by atoms with van der Waals surface area (Å²) >= 11 is 0. The zero-order valence-corrected chi connectivity index (χ0v) is 13.8. The molecule has 2 aromatic rings. The number of rotatable bonds is 5. The number of hydrogen-bond acceptors (Lipinski definition) is 5. The maximum Gasteiger partial charge on any atom is 0.338 e. The lowest BCUT2D eigenvalue weighted by Gasteiger charge is -2.09. The molecule has 6 nitrogen and oxygen atoms in total. The molecule has 0 unspecified atom stereocenters. The number of benzene rings is 2. The fourth-order valence-electron chi connectivity index (χ4n) is 2.68. The molecule has 128 valence electrons. The van der Waals surface area contributed by atoms with Crippen LogP contribution in [0.1, 0.15) is 42.2 Å². The standard InChI is InChI=1S/C20H14N2O4/c1-2-8-22-18(23)16-7-6-15(10-17(16)19(22)24)20(25)26-12-14-5-3-4-13(9-14)11-21/h2-7,9-10H,1,8,12H2. The van der Waals surface area contributed by atoms with Gasteiger partial charge in [-0.05, 0) is 35.9 Å². The Morgan fingerprint density at radius 1 is 1.15 bits per heavy atom. The third-order valence-electron chi connectivity index (χ3n) is 3.94. The van der Waals surface area contributed by atoms with Crippen LogP contribution in [0.25, 0.3) is 0 Å². The largest absolute Gasteiger partial charge is 0.457 e. The van der Waals surface area contributed by atoms with Gasteiger partial charge in [-0.15, -0.1) is 6.58 Å². The molecule has 1 aliphatic heterocycles. The Kier molecular flexibility index (Phi) is 4.63. The Morgan fingerprint density at radius 3 is 2.65 bits per heavy atom. The van der Waals surface area contributed by atoms with Crippen molar-refractivity contribution >= 4 is 17.8 Å². The van der Waals surface area contributed by atoms with Crippen LogP contribution in [-0.2, 0) is 11.3 Å². The van der Waals surface area contributed by atoms with Crippen molar-refractivity contribution in [2.75, 3.05) is 6.54 Å². The number of imide groups is 1. The third-order valence-corrected chi connectivity index (χ3v) is 3.94. The van der Waals surface area contributed by atoms with E-state index in [-0.39, 0.29) is 29.8 Å². The van der Waals surface area contributed by atoms with E-state index in [4.69, 9.17) is 10.00 Å². The van der Waals surface area contributed by atoms with Crippen LogP contribution < -0.4 is 0 Å². The second-order valence-corrected chi connectivity index (χ2v) is 5.66. The molecule has 6 heteroatoms. The predicted molar refractivity (Wildman–Crippen MR) is 92.3 cm³/mol. The first-order chi connectivity index (χ1) is 12.5. The van der Waals surface area contributed by atoms with Gasteiger partial charge in [0.05, 0.1) is 28.3 Å². The number of amides is 2. The van der Waals surface area contributed by atoms with Gasteiger partial charge in [0.2, 0.25) is 0 Å². The molecule has 0 radical (unpaired) electrons. The van der Waals surface area contributed by atoms with Crippen molar-refractivity contribution in [3.05, 3.63) is 82.9 Å². The normalized spacial score (nSPS) is 12.5. The Balaban J connectivity index is 1.76. The summed E-state index contributed by atoms with van der Waals surface area (Å²) in [6.07, 6.45) is 1.46. The Labute approximate surface area is 149 Å². The lowest BCUT2D eigenvalue weighted by molar-refractivity contribution is 0.0472. The van der Waals surface area contributed by atoms with E-state index >= 15 is 0 Å². The maximum atomic E-state index is 12.3. The van der Waals surface area contributed by atoms with Crippen LogP contribution in [0, 0.1) is 11.3 Å². The molecule has 2 aromatic carbocycles. The Morgan fingerprint density at radius 2 is 1.92 bits per heavy atom. The van der Waals surface area contributed by atoms with Gasteiger partial charge in [0.25, 0.3) is 11.8 Å². The summed E-state index contributed by atoms with van der Waals surface area (Å²) in [6.45, 7) is 3.64. The van der Waals surface area contributed by atoms with Crippen LogP contribution >= 0.6 is 0 Å². The topological polar surface area (TPSA) is 87.5 Å². The van der Waals surface area contributed by atoms with E-state index in [1.165, 1.54) is 24.3 Å². The van der Waals surface area contributed by atoms with Gasteiger partial charge in [0, 0.05) is 6.54 Å². The average molecular weight is 346 g/mol. The number of ether oxygens (including phenoxy) is 1. The van der Waals surface area contributed by atoms with E-state index in [0.717, 1.165) is 4.90 Å². The summed E-state index contributed by atoms with van der Waals surface area (Å²) in [5.74, 6) is -1.48. The lowest BCUT2D eigenvalue weighted by Crippen LogP contribution is -2.29. The van der Waals surface area contributed by atoms with Crippen molar-refractivity contribution in [2.45, 2.75) is 6.61 Å². The molecular formula is C20H14N2O4. The van der Waals surface area contributed by atoms with Crippen molar-refractivity contribution in [2.24, 2.45) is 0 Å². The number of nitrogens with zero attached hydrogens (tertiary/aromatic N) is 2. The first-order valence-corrected chi connectivity index (χ1v) is 7.82. The number of nitriles is 1. The van der Waals surface area contributed by atoms with Crippen LogP contribution in [0.3, 0.4) is 0 Å². The molecule has 0 saturated heterocycles. The highest BCUT2D eigenvalue weighted by Gasteiger charge is 2.35. The van der Waals surface area contributed by atoms with E-state index in [2.05, 4.69) is 6.58 Å². The molecule has 0 spiro atoms. The molecule has 0 aliphatic carbocycles. The van der Waals surface area contributed by atoms with Crippen molar-refractivity contribution in [1.82, 2.24) is 4.90 Å². The van der Waals surface area contributed by atoms with Crippen molar-refractivity contribution in [3.63, 3.8) is 0 Å². The number of esters is 1. The number of carbonyl (C=O) groups is 3. The Bertz CT molecular complexity index is 972. The van der Waals surface area contributed by atoms with Gasteiger partial charge < -0.3 is 4.74 Å². The van der Waals surface area contributed by atoms with Gasteiger partial charge >= 0.3 is 5.97 Å². The number of carbonyl (C=O) groups excluding carboxylic acids is 3. The molecule has 26 heavy (non-hydrogen) atoms. The van der Waals surface area contributed by atoms with Gasteiger partial charge in [-0.1, -0.05) is 18.2 Å². The molecular weight excluding hydrogens is 332 g/mol. The average Bonchev–Trinajstić information content (AvgIpc) is 2.91. The molecule has 0 fully saturated rings. The summed E-state index contributed by atoms with van der Waals surface area (Å²) in [7, 11) is 0. The van der Waals surface area contributed by atoms with Gasteiger partial charge in [0.15, 0.2) is 0 Å². The highest BCUT2D eigenvalue weighted by molar-refractivity contribution is 6.22. The van der Waals surface area contributed by atoms with Gasteiger partial charge in [-0.2, -0.15) is 5.26 Å². The minimum absolute atomic E-state index is 0.000897. The summed E-state index contributed by atoms with van der Waals surface area (Å²) in [4.78, 5) is 37.8. The molecule has 2 amide bonds. The molecule has 0 atom stereocenters. The highest BCUT2D eigenvalue weighted by Crippen LogP contribution is 2.24. The van der Waals surface area contributed by atoms with Crippen molar-refractivity contribution in [3.8, 4) is 6.07 Å². The third kappa shape index (κ3) is 3.10. The zero-order valence-electron chi connectivity index (χ0n) is 13.8. The molecule has 1 aliphatic rings. The van der Waals surface area contributed by atoms with Crippen molar-refractivity contribution in [1.29, 1.82) is 5.26 Å². The first kappa shape index (κ1) is 17.1. The molecule has 0 bridgehead atoms. The molecule has 1 heterocycles. The second kappa shape index (κ2) is 7.03. The predicted octanol–water partition coefficient (Wildman–Crippen LogP) is 2.70. The minimum Gasteiger partial charge on any atom is -0.457 e. The smallest absolute Gasteiger partial charge is 0.338 e. The SMILES string of the molecule is C=CCN1C(=O)c2ccc(C(=O)OCc3cccc(C#N)c3)cc2C1=O. The summed E-state index contributed by atoms with van der Waals surface area (Å²) in [6, 6.07) is 13.0. The highest BCUT2D eigenvalue weighted by atomic mass is 16.5. The van der Waals surface area contributed by atoms with Gasteiger partial charge in [-0.25, -0.2) is 4.79 Å². The van der Waals surface area contributed by atoms with Crippen LogP contribution in [0.15, 0.2) is 55.1 Å². The lowest BCUT2D eigenvalue weighted by atomic mass is 10.1. The monoisotopic (exact) mass is 346 g/mol. The van der Waals surface area contributed by atoms with E-state index in [1.807, 2.05) is 6.07 Å². The molecule has 0 N–H and O–H groups in total. The fourth-order valence-corrected chi connectivity index (χ4v) is 2.68. The quantitative estimate of drug-likeness (QED) is 0.472. The zero-order chi connectivity index (χ0) is 18.7. The summed E-state index contributed by atoms with van der Waals surface area (Å²) < 4.78 is 5.24. The number of fused-ring (bicyclic) bond motifs is 1. The van der Waals surface area contributed by atoms with E-state index < -0.39 is 17.8 Å². The first-order valence-electron chi connectivity index (χ1n) is 7.82. The summed E-state index contributed by atoms with van der Waals surface area (Å²) in [5.41, 5.74) is 1.78. The van der Waals surface area contributed by atoms with Crippen LogP contribution in [-0.4, -0.2) is 29.2 Å². The summed E-state index contributed by atoms with van der Waals surface area (Å²) in [5, 5.41) is 8.89. The second-order valence-electron chi connectivity index (χ2n) is 5.66. The van der Waals surface area contributed by atoms with Crippen LogP contribution in [0.5, 0.6) is 0 Å². The Hall–Kier alpha value is -3.72. The molecule has 3 rings (SSSR count). The van der Waals surface area contributed by atoms with Crippen molar-refractivity contribution < 1.29 is 19.1 Å². The van der Waals surface area contributed by atoms with Gasteiger partial charge in [-0.3, -0.25) is 14.5 Å². The van der Waals surface area contributed by atoms with Crippen LogP contribution in [0.4, 0.5) is 0 Å². The van der Waals surface area contributed by atoms with E-state index in [1.54, 1.807) is 24.3 Å². The van der Waals surface area contributed by atoms with Crippen LogP contribution in [0.2, 0.25) is 0 Å². The molecule has 0 aromatic heterocycles. The fraction of sp³-hybridized carbons (Fsp3) is 0.100. The molecule has 0 saturated carbocycles. The van der Waals surface area contributed by atoms with E-state index in [0.29, 0.717) is 11.1 Å². The van der Waals surface area contributed by atoms with Gasteiger partial charge in [0.1, 0.15) is 6.61 Å².